The standard InChI is InChI=1S/C25H32N4O4S/c30-24(29-15-11-19-8-3-4-10-23(19)29)20-9-7-14-28(18-20)34(32,33)21-16-22(26-17-21)25(31)27-12-5-1-2-6-13-27/h3-4,8,10,16-17,20,26H,1-2,5-7,9,11-15,18H2/t20-/m0/s1. The van der Waals surface area contributed by atoms with Gasteiger partial charge in [-0.05, 0) is 49.8 Å². The maximum atomic E-state index is 13.4. The average Bonchev–Trinajstić information content (AvgIpc) is 3.44. The number of fused-ring (bicyclic) bond motifs is 1. The zero-order chi connectivity index (χ0) is 23.7. The number of carbonyl (C=O) groups excluding carboxylic acids is 2. The lowest BCUT2D eigenvalue weighted by Gasteiger charge is -2.33. The first kappa shape index (κ1) is 23.1. The number of amides is 2. The van der Waals surface area contributed by atoms with Crippen molar-refractivity contribution < 1.29 is 18.0 Å². The molecule has 0 spiro atoms. The Labute approximate surface area is 201 Å². The number of carbonyl (C=O) groups is 2. The largest absolute Gasteiger partial charge is 0.356 e. The number of para-hydroxylation sites is 1. The van der Waals surface area contributed by atoms with Gasteiger partial charge in [-0.25, -0.2) is 8.42 Å². The molecule has 1 aromatic heterocycles. The molecule has 3 aliphatic heterocycles. The van der Waals surface area contributed by atoms with Gasteiger partial charge in [-0.3, -0.25) is 9.59 Å². The predicted octanol–water partition coefficient (Wildman–Crippen LogP) is 3.02. The molecule has 34 heavy (non-hydrogen) atoms. The summed E-state index contributed by atoms with van der Waals surface area (Å²) in [5.74, 6) is -0.523. The van der Waals surface area contributed by atoms with Crippen LogP contribution in [-0.4, -0.2) is 67.1 Å². The van der Waals surface area contributed by atoms with Crippen LogP contribution in [0.2, 0.25) is 0 Å². The number of hydrogen-bond acceptors (Lipinski definition) is 4. The van der Waals surface area contributed by atoms with Gasteiger partial charge in [0.2, 0.25) is 15.9 Å². The lowest BCUT2D eigenvalue weighted by Crippen LogP contribution is -2.46. The zero-order valence-corrected chi connectivity index (χ0v) is 20.2. The third-order valence-electron chi connectivity index (χ3n) is 7.30. The van der Waals surface area contributed by atoms with Gasteiger partial charge >= 0.3 is 0 Å². The minimum Gasteiger partial charge on any atom is -0.356 e. The van der Waals surface area contributed by atoms with E-state index in [1.54, 1.807) is 4.90 Å². The summed E-state index contributed by atoms with van der Waals surface area (Å²) in [5, 5.41) is 0. The molecule has 0 saturated carbocycles. The molecule has 2 saturated heterocycles. The van der Waals surface area contributed by atoms with Crippen molar-refractivity contribution in [2.45, 2.75) is 49.8 Å². The van der Waals surface area contributed by atoms with Crippen LogP contribution >= 0.6 is 0 Å². The first-order chi connectivity index (χ1) is 16.4. The number of aromatic amines is 1. The lowest BCUT2D eigenvalue weighted by molar-refractivity contribution is -0.123. The third-order valence-corrected chi connectivity index (χ3v) is 9.15. The number of anilines is 1. The first-order valence-electron chi connectivity index (χ1n) is 12.3. The number of likely N-dealkylation sites (tertiary alicyclic amines) is 1. The van der Waals surface area contributed by atoms with Crippen molar-refractivity contribution in [3.05, 3.63) is 47.8 Å². The molecule has 182 valence electrons. The SMILES string of the molecule is O=C(c1cc(S(=O)(=O)N2CCC[C@H](C(=O)N3CCc4ccccc43)C2)c[nH]1)N1CCCCCC1. The molecule has 1 atom stereocenters. The van der Waals surface area contributed by atoms with Crippen molar-refractivity contribution in [1.82, 2.24) is 14.2 Å². The minimum atomic E-state index is -3.80. The van der Waals surface area contributed by atoms with Crippen LogP contribution in [0.15, 0.2) is 41.4 Å². The molecule has 8 nitrogen and oxygen atoms in total. The molecule has 0 unspecified atom stereocenters. The van der Waals surface area contributed by atoms with Crippen LogP contribution in [-0.2, 0) is 21.2 Å². The second-order valence-corrected chi connectivity index (χ2v) is 11.5. The fraction of sp³-hybridized carbons (Fsp3) is 0.520. The van der Waals surface area contributed by atoms with E-state index in [0.717, 1.165) is 43.4 Å². The van der Waals surface area contributed by atoms with Crippen molar-refractivity contribution in [3.8, 4) is 0 Å². The highest BCUT2D eigenvalue weighted by atomic mass is 32.2. The molecule has 4 heterocycles. The molecular weight excluding hydrogens is 452 g/mol. The summed E-state index contributed by atoms with van der Waals surface area (Å²) >= 11 is 0. The van der Waals surface area contributed by atoms with Gasteiger partial charge in [0.1, 0.15) is 10.6 Å². The fourth-order valence-electron chi connectivity index (χ4n) is 5.39. The number of piperidine rings is 1. The Hall–Kier alpha value is -2.65. The van der Waals surface area contributed by atoms with E-state index in [9.17, 15) is 18.0 Å². The van der Waals surface area contributed by atoms with Gasteiger partial charge in [0.25, 0.3) is 5.91 Å². The molecule has 2 aromatic rings. The molecule has 2 fully saturated rings. The number of benzene rings is 1. The lowest BCUT2D eigenvalue weighted by atomic mass is 9.98. The monoisotopic (exact) mass is 484 g/mol. The molecule has 0 bridgehead atoms. The van der Waals surface area contributed by atoms with Gasteiger partial charge < -0.3 is 14.8 Å². The van der Waals surface area contributed by atoms with Gasteiger partial charge in [0.15, 0.2) is 0 Å². The Bertz CT molecular complexity index is 1170. The maximum absolute atomic E-state index is 13.4. The summed E-state index contributed by atoms with van der Waals surface area (Å²) < 4.78 is 28.2. The van der Waals surface area contributed by atoms with Crippen molar-refractivity contribution >= 4 is 27.5 Å². The number of sulfonamides is 1. The highest BCUT2D eigenvalue weighted by Crippen LogP contribution is 2.32. The Morgan fingerprint density at radius 1 is 0.941 bits per heavy atom. The fourth-order valence-corrected chi connectivity index (χ4v) is 6.91. The smallest absolute Gasteiger partial charge is 0.270 e. The van der Waals surface area contributed by atoms with Crippen molar-refractivity contribution in [2.75, 3.05) is 37.6 Å². The molecular formula is C25H32N4O4S. The van der Waals surface area contributed by atoms with Crippen LogP contribution in [0.25, 0.3) is 0 Å². The zero-order valence-electron chi connectivity index (χ0n) is 19.4. The molecule has 5 rings (SSSR count). The average molecular weight is 485 g/mol. The topological polar surface area (TPSA) is 93.8 Å². The van der Waals surface area contributed by atoms with E-state index < -0.39 is 10.0 Å². The summed E-state index contributed by atoms with van der Waals surface area (Å²) in [6.07, 6.45) is 7.73. The molecule has 2 amide bonds. The Morgan fingerprint density at radius 2 is 1.71 bits per heavy atom. The predicted molar refractivity (Wildman–Crippen MR) is 129 cm³/mol. The number of rotatable bonds is 4. The van der Waals surface area contributed by atoms with E-state index >= 15 is 0 Å². The van der Waals surface area contributed by atoms with E-state index in [1.807, 2.05) is 29.2 Å². The second kappa shape index (κ2) is 9.54. The third kappa shape index (κ3) is 4.38. The first-order valence-corrected chi connectivity index (χ1v) is 13.8. The van der Waals surface area contributed by atoms with Crippen LogP contribution in [0.5, 0.6) is 0 Å². The number of aromatic nitrogens is 1. The normalized spacial score (nSPS) is 21.8. The molecule has 1 aromatic carbocycles. The Morgan fingerprint density at radius 3 is 2.50 bits per heavy atom. The number of H-pyrrole nitrogens is 1. The van der Waals surface area contributed by atoms with Crippen LogP contribution in [0.4, 0.5) is 5.69 Å². The van der Waals surface area contributed by atoms with Crippen LogP contribution in [0.1, 0.15) is 54.6 Å². The molecule has 3 aliphatic rings. The molecule has 0 radical (unpaired) electrons. The number of hydrogen-bond donors (Lipinski definition) is 1. The van der Waals surface area contributed by atoms with Crippen LogP contribution < -0.4 is 4.90 Å². The highest BCUT2D eigenvalue weighted by Gasteiger charge is 2.37. The van der Waals surface area contributed by atoms with Gasteiger partial charge in [-0.1, -0.05) is 31.0 Å². The highest BCUT2D eigenvalue weighted by molar-refractivity contribution is 7.89. The van der Waals surface area contributed by atoms with E-state index in [4.69, 9.17) is 0 Å². The summed E-state index contributed by atoms with van der Waals surface area (Å²) in [4.78, 5) is 32.8. The summed E-state index contributed by atoms with van der Waals surface area (Å²) in [7, 11) is -3.80. The van der Waals surface area contributed by atoms with Crippen molar-refractivity contribution in [1.29, 1.82) is 0 Å². The van der Waals surface area contributed by atoms with E-state index in [0.29, 0.717) is 44.7 Å². The Balaban J connectivity index is 1.29. The number of nitrogens with zero attached hydrogens (tertiary/aromatic N) is 3. The summed E-state index contributed by atoms with van der Waals surface area (Å²) in [6.45, 7) is 2.59. The van der Waals surface area contributed by atoms with Gasteiger partial charge in [0.05, 0.1) is 5.92 Å². The summed E-state index contributed by atoms with van der Waals surface area (Å²) in [6, 6.07) is 9.35. The Kier molecular flexibility index (Phi) is 6.48. The minimum absolute atomic E-state index is 0.00375. The molecule has 0 aliphatic carbocycles. The van der Waals surface area contributed by atoms with Gasteiger partial charge in [-0.2, -0.15) is 4.31 Å². The van der Waals surface area contributed by atoms with E-state index in [1.165, 1.54) is 16.6 Å². The van der Waals surface area contributed by atoms with Crippen LogP contribution in [0, 0.1) is 5.92 Å². The quantitative estimate of drug-likeness (QED) is 0.722. The van der Waals surface area contributed by atoms with Gasteiger partial charge in [-0.15, -0.1) is 0 Å². The van der Waals surface area contributed by atoms with Crippen molar-refractivity contribution in [2.24, 2.45) is 5.92 Å². The van der Waals surface area contributed by atoms with E-state index in [-0.39, 0.29) is 29.2 Å². The maximum Gasteiger partial charge on any atom is 0.270 e. The van der Waals surface area contributed by atoms with Crippen LogP contribution in [0.3, 0.4) is 0 Å². The van der Waals surface area contributed by atoms with E-state index in [2.05, 4.69) is 4.98 Å². The number of nitrogens with one attached hydrogen (secondary N) is 1. The molecule has 1 N–H and O–H groups in total. The van der Waals surface area contributed by atoms with Gasteiger partial charge in [0, 0.05) is 44.6 Å². The van der Waals surface area contributed by atoms with Crippen molar-refractivity contribution in [3.63, 3.8) is 0 Å². The molecule has 9 heteroatoms. The second-order valence-electron chi connectivity index (χ2n) is 9.53. The summed E-state index contributed by atoms with van der Waals surface area (Å²) in [5.41, 5.74) is 2.40.